The Morgan fingerprint density at radius 3 is 2.85 bits per heavy atom. The maximum Gasteiger partial charge on any atom is 0.0711 e. The zero-order valence-electron chi connectivity index (χ0n) is 7.10. The zero-order chi connectivity index (χ0) is 9.42. The van der Waals surface area contributed by atoms with Crippen LogP contribution >= 0.6 is 43.2 Å². The van der Waals surface area contributed by atoms with E-state index in [1.165, 1.54) is 25.0 Å². The standard InChI is InChI=1S/C10H8Br2S/c1-6-7(5-11)2-3-9-8(6)4-10(12)13-9/h2-4H,5H2,1H3. The molecule has 0 saturated heterocycles. The molecule has 0 bridgehead atoms. The van der Waals surface area contributed by atoms with Crippen molar-refractivity contribution in [2.45, 2.75) is 12.3 Å². The highest BCUT2D eigenvalue weighted by molar-refractivity contribution is 9.11. The number of fused-ring (bicyclic) bond motifs is 1. The molecule has 0 atom stereocenters. The van der Waals surface area contributed by atoms with Crippen LogP contribution in [0.2, 0.25) is 0 Å². The minimum absolute atomic E-state index is 0.933. The van der Waals surface area contributed by atoms with Gasteiger partial charge in [0.2, 0.25) is 0 Å². The van der Waals surface area contributed by atoms with Crippen molar-refractivity contribution in [1.82, 2.24) is 0 Å². The van der Waals surface area contributed by atoms with E-state index in [2.05, 4.69) is 57.0 Å². The van der Waals surface area contributed by atoms with Crippen LogP contribution in [0.4, 0.5) is 0 Å². The highest BCUT2D eigenvalue weighted by atomic mass is 79.9. The molecule has 0 radical (unpaired) electrons. The second-order valence-electron chi connectivity index (χ2n) is 2.95. The Kier molecular flexibility index (Phi) is 2.77. The zero-order valence-corrected chi connectivity index (χ0v) is 11.1. The summed E-state index contributed by atoms with van der Waals surface area (Å²) in [6.45, 7) is 2.18. The number of aryl methyl sites for hydroxylation is 1. The van der Waals surface area contributed by atoms with E-state index in [1.54, 1.807) is 11.3 Å². The molecular weight excluding hydrogens is 312 g/mol. The van der Waals surface area contributed by atoms with Gasteiger partial charge < -0.3 is 0 Å². The molecule has 3 heteroatoms. The molecule has 0 unspecified atom stereocenters. The molecule has 0 aliphatic heterocycles. The number of alkyl halides is 1. The van der Waals surface area contributed by atoms with Crippen molar-refractivity contribution in [3.63, 3.8) is 0 Å². The molecule has 0 amide bonds. The Labute approximate surface area is 98.2 Å². The van der Waals surface area contributed by atoms with Gasteiger partial charge in [-0.15, -0.1) is 11.3 Å². The van der Waals surface area contributed by atoms with Gasteiger partial charge in [0.05, 0.1) is 3.79 Å². The van der Waals surface area contributed by atoms with E-state index in [9.17, 15) is 0 Å². The Morgan fingerprint density at radius 2 is 2.15 bits per heavy atom. The summed E-state index contributed by atoms with van der Waals surface area (Å²) in [6, 6.07) is 6.57. The topological polar surface area (TPSA) is 0 Å². The first-order valence-corrected chi connectivity index (χ1v) is 6.69. The van der Waals surface area contributed by atoms with Crippen molar-refractivity contribution in [3.8, 4) is 0 Å². The molecule has 0 aliphatic rings. The first-order chi connectivity index (χ1) is 6.22. The number of hydrogen-bond donors (Lipinski definition) is 0. The number of thiophene rings is 1. The first kappa shape index (κ1) is 9.69. The van der Waals surface area contributed by atoms with Gasteiger partial charge in [0.25, 0.3) is 0 Å². The maximum atomic E-state index is 3.51. The highest BCUT2D eigenvalue weighted by Gasteiger charge is 2.05. The number of halogens is 2. The van der Waals surface area contributed by atoms with Crippen LogP contribution in [-0.2, 0) is 5.33 Å². The normalized spacial score (nSPS) is 11.0. The summed E-state index contributed by atoms with van der Waals surface area (Å²) >= 11 is 8.79. The van der Waals surface area contributed by atoms with Gasteiger partial charge in [-0.1, -0.05) is 22.0 Å². The van der Waals surface area contributed by atoms with E-state index in [0.717, 1.165) is 5.33 Å². The van der Waals surface area contributed by atoms with Crippen LogP contribution in [0, 0.1) is 6.92 Å². The third-order valence-electron chi connectivity index (χ3n) is 2.20. The Hall–Kier alpha value is 0.140. The summed E-state index contributed by atoms with van der Waals surface area (Å²) in [6.07, 6.45) is 0. The number of benzene rings is 1. The lowest BCUT2D eigenvalue weighted by molar-refractivity contribution is 1.36. The van der Waals surface area contributed by atoms with Crippen LogP contribution in [0.15, 0.2) is 22.0 Å². The Morgan fingerprint density at radius 1 is 1.38 bits per heavy atom. The number of rotatable bonds is 1. The van der Waals surface area contributed by atoms with Crippen molar-refractivity contribution in [2.24, 2.45) is 0 Å². The Balaban J connectivity index is 2.78. The average molecular weight is 320 g/mol. The van der Waals surface area contributed by atoms with E-state index in [0.29, 0.717) is 0 Å². The smallest absolute Gasteiger partial charge is 0.0711 e. The van der Waals surface area contributed by atoms with Crippen molar-refractivity contribution in [3.05, 3.63) is 33.1 Å². The lowest BCUT2D eigenvalue weighted by atomic mass is 10.1. The fourth-order valence-corrected chi connectivity index (χ4v) is 3.61. The number of hydrogen-bond acceptors (Lipinski definition) is 1. The van der Waals surface area contributed by atoms with Gasteiger partial charge in [-0.2, -0.15) is 0 Å². The highest BCUT2D eigenvalue weighted by Crippen LogP contribution is 2.33. The molecule has 0 fully saturated rings. The van der Waals surface area contributed by atoms with Crippen LogP contribution in [-0.4, -0.2) is 0 Å². The fourth-order valence-electron chi connectivity index (χ4n) is 1.41. The summed E-state index contributed by atoms with van der Waals surface area (Å²) < 4.78 is 2.56. The summed E-state index contributed by atoms with van der Waals surface area (Å²) in [4.78, 5) is 0. The molecule has 13 heavy (non-hydrogen) atoms. The quantitative estimate of drug-likeness (QED) is 0.658. The first-order valence-electron chi connectivity index (χ1n) is 3.96. The minimum atomic E-state index is 0.933. The average Bonchev–Trinajstić information content (AvgIpc) is 2.47. The molecule has 1 aromatic carbocycles. The second-order valence-corrected chi connectivity index (χ2v) is 5.97. The molecule has 0 N–H and O–H groups in total. The summed E-state index contributed by atoms with van der Waals surface area (Å²) in [5.74, 6) is 0. The van der Waals surface area contributed by atoms with Crippen LogP contribution in [0.25, 0.3) is 10.1 Å². The summed E-state index contributed by atoms with van der Waals surface area (Å²) in [5, 5.41) is 2.30. The van der Waals surface area contributed by atoms with Gasteiger partial charge >= 0.3 is 0 Å². The largest absolute Gasteiger partial charge is 0.128 e. The van der Waals surface area contributed by atoms with E-state index in [1.807, 2.05) is 0 Å². The van der Waals surface area contributed by atoms with Gasteiger partial charge in [-0.3, -0.25) is 0 Å². The van der Waals surface area contributed by atoms with E-state index < -0.39 is 0 Å². The maximum absolute atomic E-state index is 3.51. The van der Waals surface area contributed by atoms with Crippen LogP contribution < -0.4 is 0 Å². The molecule has 2 aromatic rings. The van der Waals surface area contributed by atoms with Gasteiger partial charge in [-0.25, -0.2) is 0 Å². The van der Waals surface area contributed by atoms with Crippen molar-refractivity contribution >= 4 is 53.3 Å². The molecular formula is C10H8Br2S. The molecule has 1 heterocycles. The van der Waals surface area contributed by atoms with Gasteiger partial charge in [0.1, 0.15) is 0 Å². The molecule has 2 rings (SSSR count). The van der Waals surface area contributed by atoms with Crippen molar-refractivity contribution in [1.29, 1.82) is 0 Å². The molecule has 0 nitrogen and oxygen atoms in total. The van der Waals surface area contributed by atoms with E-state index >= 15 is 0 Å². The predicted molar refractivity (Wildman–Crippen MR) is 66.9 cm³/mol. The Bertz CT molecular complexity index is 445. The van der Waals surface area contributed by atoms with Crippen LogP contribution in [0.1, 0.15) is 11.1 Å². The fraction of sp³-hybridized carbons (Fsp3) is 0.200. The monoisotopic (exact) mass is 318 g/mol. The summed E-state index contributed by atoms with van der Waals surface area (Å²) in [5.41, 5.74) is 2.76. The molecule has 0 saturated carbocycles. The van der Waals surface area contributed by atoms with E-state index in [-0.39, 0.29) is 0 Å². The third-order valence-corrected chi connectivity index (χ3v) is 4.40. The lowest BCUT2D eigenvalue weighted by Crippen LogP contribution is -1.83. The van der Waals surface area contributed by atoms with Crippen molar-refractivity contribution < 1.29 is 0 Å². The molecule has 0 spiro atoms. The van der Waals surface area contributed by atoms with Gasteiger partial charge in [0, 0.05) is 10.0 Å². The predicted octanol–water partition coefficient (Wildman–Crippen LogP) is 4.87. The van der Waals surface area contributed by atoms with Gasteiger partial charge in [-0.05, 0) is 51.5 Å². The lowest BCUT2D eigenvalue weighted by Gasteiger charge is -2.02. The molecule has 68 valence electrons. The molecule has 0 aliphatic carbocycles. The van der Waals surface area contributed by atoms with E-state index in [4.69, 9.17) is 0 Å². The SMILES string of the molecule is Cc1c(CBr)ccc2sc(Br)cc12. The second kappa shape index (κ2) is 3.71. The van der Waals surface area contributed by atoms with Gasteiger partial charge in [0.15, 0.2) is 0 Å². The van der Waals surface area contributed by atoms with Crippen LogP contribution in [0.3, 0.4) is 0 Å². The van der Waals surface area contributed by atoms with Crippen LogP contribution in [0.5, 0.6) is 0 Å². The third kappa shape index (κ3) is 1.69. The summed E-state index contributed by atoms with van der Waals surface area (Å²) in [7, 11) is 0. The molecule has 1 aromatic heterocycles. The van der Waals surface area contributed by atoms with Crippen molar-refractivity contribution in [2.75, 3.05) is 0 Å². The minimum Gasteiger partial charge on any atom is -0.128 e.